The monoisotopic (exact) mass is 326 g/mol. The number of halogens is 1. The predicted molar refractivity (Wildman–Crippen MR) is 92.5 cm³/mol. The molecule has 0 aliphatic carbocycles. The lowest BCUT2D eigenvalue weighted by atomic mass is 10.0. The summed E-state index contributed by atoms with van der Waals surface area (Å²) in [7, 11) is 0. The fourth-order valence-corrected chi connectivity index (χ4v) is 2.62. The van der Waals surface area contributed by atoms with Crippen LogP contribution in [0.25, 0.3) is 6.08 Å². The SMILES string of the molecule is O=C(/C=C/c1ccccc1Cl)Nc1ccc2c(c1)CCC(=O)N2. The molecule has 3 rings (SSSR count). The van der Waals surface area contributed by atoms with Gasteiger partial charge in [0.15, 0.2) is 0 Å². The van der Waals surface area contributed by atoms with Gasteiger partial charge in [-0.2, -0.15) is 0 Å². The van der Waals surface area contributed by atoms with Gasteiger partial charge < -0.3 is 10.6 Å². The van der Waals surface area contributed by atoms with Crippen LogP contribution in [0.4, 0.5) is 11.4 Å². The molecule has 2 amide bonds. The van der Waals surface area contributed by atoms with Crippen molar-refractivity contribution in [3.63, 3.8) is 0 Å². The highest BCUT2D eigenvalue weighted by molar-refractivity contribution is 6.32. The maximum Gasteiger partial charge on any atom is 0.248 e. The van der Waals surface area contributed by atoms with Crippen LogP contribution in [-0.4, -0.2) is 11.8 Å². The fraction of sp³-hybridized carbons (Fsp3) is 0.111. The molecule has 0 aromatic heterocycles. The first-order valence-corrected chi connectivity index (χ1v) is 7.66. The lowest BCUT2D eigenvalue weighted by Crippen LogP contribution is -2.19. The number of benzene rings is 2. The van der Waals surface area contributed by atoms with Gasteiger partial charge in [-0.1, -0.05) is 29.8 Å². The van der Waals surface area contributed by atoms with Crippen molar-refractivity contribution in [1.29, 1.82) is 0 Å². The Morgan fingerprint density at radius 1 is 1.17 bits per heavy atom. The van der Waals surface area contributed by atoms with Crippen LogP contribution in [0.1, 0.15) is 17.5 Å². The standard InChI is InChI=1S/C18H15ClN2O2/c19-15-4-2-1-3-12(15)5-9-17(22)20-14-7-8-16-13(11-14)6-10-18(23)21-16/h1-5,7-9,11H,6,10H2,(H,20,22)(H,21,23)/b9-5+. The molecule has 0 spiro atoms. The van der Waals surface area contributed by atoms with Crippen molar-refractivity contribution >= 4 is 40.9 Å². The molecule has 0 radical (unpaired) electrons. The zero-order valence-corrected chi connectivity index (χ0v) is 13.1. The Morgan fingerprint density at radius 3 is 2.83 bits per heavy atom. The molecule has 0 saturated heterocycles. The van der Waals surface area contributed by atoms with E-state index in [2.05, 4.69) is 10.6 Å². The number of fused-ring (bicyclic) bond motifs is 1. The number of nitrogens with one attached hydrogen (secondary N) is 2. The van der Waals surface area contributed by atoms with E-state index in [9.17, 15) is 9.59 Å². The van der Waals surface area contributed by atoms with Gasteiger partial charge in [0.05, 0.1) is 0 Å². The summed E-state index contributed by atoms with van der Waals surface area (Å²) in [5.74, 6) is -0.207. The van der Waals surface area contributed by atoms with Gasteiger partial charge in [-0.05, 0) is 47.9 Å². The summed E-state index contributed by atoms with van der Waals surface area (Å²) in [5, 5.41) is 6.22. The first-order valence-electron chi connectivity index (χ1n) is 7.28. The summed E-state index contributed by atoms with van der Waals surface area (Å²) in [6.45, 7) is 0. The van der Waals surface area contributed by atoms with Gasteiger partial charge in [-0.3, -0.25) is 9.59 Å². The fourth-order valence-electron chi connectivity index (χ4n) is 2.42. The summed E-state index contributed by atoms with van der Waals surface area (Å²) in [6, 6.07) is 12.8. The van der Waals surface area contributed by atoms with E-state index in [0.29, 0.717) is 23.6 Å². The number of hydrogen-bond acceptors (Lipinski definition) is 2. The van der Waals surface area contributed by atoms with Crippen LogP contribution in [0.15, 0.2) is 48.5 Å². The van der Waals surface area contributed by atoms with E-state index in [4.69, 9.17) is 11.6 Å². The average Bonchev–Trinajstić information content (AvgIpc) is 2.54. The van der Waals surface area contributed by atoms with Crippen molar-refractivity contribution < 1.29 is 9.59 Å². The van der Waals surface area contributed by atoms with Gasteiger partial charge in [0.2, 0.25) is 11.8 Å². The van der Waals surface area contributed by atoms with Crippen LogP contribution in [0.5, 0.6) is 0 Å². The van der Waals surface area contributed by atoms with Gasteiger partial charge in [0, 0.05) is 28.9 Å². The van der Waals surface area contributed by atoms with E-state index in [-0.39, 0.29) is 11.8 Å². The van der Waals surface area contributed by atoms with E-state index in [1.54, 1.807) is 24.3 Å². The molecule has 2 aromatic rings. The molecule has 116 valence electrons. The minimum absolute atomic E-state index is 0.0250. The van der Waals surface area contributed by atoms with Crippen LogP contribution in [-0.2, 0) is 16.0 Å². The highest BCUT2D eigenvalue weighted by Gasteiger charge is 2.14. The van der Waals surface area contributed by atoms with Crippen molar-refractivity contribution in [1.82, 2.24) is 0 Å². The second kappa shape index (κ2) is 6.67. The highest BCUT2D eigenvalue weighted by atomic mass is 35.5. The van der Waals surface area contributed by atoms with Crippen LogP contribution in [0.3, 0.4) is 0 Å². The lowest BCUT2D eigenvalue weighted by molar-refractivity contribution is -0.116. The molecule has 1 aliphatic rings. The zero-order valence-electron chi connectivity index (χ0n) is 12.3. The molecule has 0 fully saturated rings. The normalized spacial score (nSPS) is 13.5. The second-order valence-electron chi connectivity index (χ2n) is 5.26. The molecule has 1 heterocycles. The van der Waals surface area contributed by atoms with Crippen LogP contribution in [0.2, 0.25) is 5.02 Å². The molecule has 5 heteroatoms. The summed E-state index contributed by atoms with van der Waals surface area (Å²) in [4.78, 5) is 23.3. The third kappa shape index (κ3) is 3.79. The number of amides is 2. The van der Waals surface area contributed by atoms with E-state index >= 15 is 0 Å². The Bertz CT molecular complexity index is 799. The molecular weight excluding hydrogens is 312 g/mol. The van der Waals surface area contributed by atoms with Crippen LogP contribution >= 0.6 is 11.6 Å². The Labute approximate surface area is 139 Å². The summed E-state index contributed by atoms with van der Waals surface area (Å²) in [5.41, 5.74) is 3.33. The molecule has 2 N–H and O–H groups in total. The number of aryl methyl sites for hydroxylation is 1. The minimum Gasteiger partial charge on any atom is -0.326 e. The Kier molecular flexibility index (Phi) is 4.44. The third-order valence-corrected chi connectivity index (χ3v) is 3.93. The lowest BCUT2D eigenvalue weighted by Gasteiger charge is -2.17. The van der Waals surface area contributed by atoms with E-state index in [1.807, 2.05) is 24.3 Å². The number of anilines is 2. The first kappa shape index (κ1) is 15.3. The largest absolute Gasteiger partial charge is 0.326 e. The molecule has 23 heavy (non-hydrogen) atoms. The van der Waals surface area contributed by atoms with Gasteiger partial charge in [-0.25, -0.2) is 0 Å². The van der Waals surface area contributed by atoms with Crippen molar-refractivity contribution in [2.45, 2.75) is 12.8 Å². The first-order chi connectivity index (χ1) is 11.1. The zero-order chi connectivity index (χ0) is 16.2. The van der Waals surface area contributed by atoms with Crippen molar-refractivity contribution in [2.75, 3.05) is 10.6 Å². The summed E-state index contributed by atoms with van der Waals surface area (Å²) < 4.78 is 0. The predicted octanol–water partition coefficient (Wildman–Crippen LogP) is 3.88. The van der Waals surface area contributed by atoms with Gasteiger partial charge in [-0.15, -0.1) is 0 Å². The number of carbonyl (C=O) groups excluding carboxylic acids is 2. The number of rotatable bonds is 3. The van der Waals surface area contributed by atoms with Crippen LogP contribution < -0.4 is 10.6 Å². The molecule has 0 bridgehead atoms. The molecule has 2 aromatic carbocycles. The van der Waals surface area contributed by atoms with Gasteiger partial charge in [0.25, 0.3) is 0 Å². The second-order valence-corrected chi connectivity index (χ2v) is 5.67. The molecule has 1 aliphatic heterocycles. The maximum absolute atomic E-state index is 12.0. The smallest absolute Gasteiger partial charge is 0.248 e. The molecular formula is C18H15ClN2O2. The maximum atomic E-state index is 12.0. The Balaban J connectivity index is 1.69. The van der Waals surface area contributed by atoms with E-state index in [0.717, 1.165) is 16.8 Å². The quantitative estimate of drug-likeness (QED) is 0.841. The van der Waals surface area contributed by atoms with Gasteiger partial charge >= 0.3 is 0 Å². The topological polar surface area (TPSA) is 58.2 Å². The highest BCUT2D eigenvalue weighted by Crippen LogP contribution is 2.25. The Morgan fingerprint density at radius 2 is 2.00 bits per heavy atom. The molecule has 0 atom stereocenters. The van der Waals surface area contributed by atoms with Crippen molar-refractivity contribution in [2.24, 2.45) is 0 Å². The summed E-state index contributed by atoms with van der Waals surface area (Å²) in [6.07, 6.45) is 4.27. The third-order valence-electron chi connectivity index (χ3n) is 3.59. The number of carbonyl (C=O) groups is 2. The summed E-state index contributed by atoms with van der Waals surface area (Å²) >= 11 is 6.04. The molecule has 0 saturated carbocycles. The van der Waals surface area contributed by atoms with Gasteiger partial charge in [0.1, 0.15) is 0 Å². The van der Waals surface area contributed by atoms with E-state index in [1.165, 1.54) is 6.08 Å². The number of hydrogen-bond donors (Lipinski definition) is 2. The van der Waals surface area contributed by atoms with Crippen molar-refractivity contribution in [3.05, 3.63) is 64.7 Å². The average molecular weight is 327 g/mol. The molecule has 4 nitrogen and oxygen atoms in total. The Hall–Kier alpha value is -2.59. The van der Waals surface area contributed by atoms with Crippen LogP contribution in [0, 0.1) is 0 Å². The van der Waals surface area contributed by atoms with E-state index < -0.39 is 0 Å². The van der Waals surface area contributed by atoms with Crippen molar-refractivity contribution in [3.8, 4) is 0 Å². The minimum atomic E-state index is -0.232. The molecule has 0 unspecified atom stereocenters.